The highest BCUT2D eigenvalue weighted by atomic mass is 16.3. The summed E-state index contributed by atoms with van der Waals surface area (Å²) in [5.74, 6) is 1.36. The smallest absolute Gasteiger partial charge is 0.224 e. The molecular formula is C17H26N6O2. The van der Waals surface area contributed by atoms with Gasteiger partial charge in [0.2, 0.25) is 5.91 Å². The summed E-state index contributed by atoms with van der Waals surface area (Å²) in [5.41, 5.74) is 0.713. The number of nitrogens with one attached hydrogen (secondary N) is 1. The van der Waals surface area contributed by atoms with Gasteiger partial charge in [0.05, 0.1) is 30.7 Å². The Bertz CT molecular complexity index is 729. The highest BCUT2D eigenvalue weighted by molar-refractivity contribution is 5.87. The fourth-order valence-corrected chi connectivity index (χ4v) is 3.22. The van der Waals surface area contributed by atoms with E-state index in [0.717, 1.165) is 30.6 Å². The van der Waals surface area contributed by atoms with Gasteiger partial charge in [-0.2, -0.15) is 5.10 Å². The van der Waals surface area contributed by atoms with Gasteiger partial charge in [-0.1, -0.05) is 13.8 Å². The first kappa shape index (κ1) is 17.6. The molecule has 2 N–H and O–H groups in total. The molecule has 2 aromatic heterocycles. The third-order valence-corrected chi connectivity index (χ3v) is 4.50. The quantitative estimate of drug-likeness (QED) is 0.803. The van der Waals surface area contributed by atoms with Gasteiger partial charge >= 0.3 is 0 Å². The molecule has 3 heterocycles. The number of rotatable bonds is 6. The van der Waals surface area contributed by atoms with Crippen molar-refractivity contribution in [2.45, 2.75) is 33.2 Å². The SMILES string of the molecule is CC(C)CNC(=O)[C@@H]1CCCN(c2ncnc3c2cnn3CCO)C1. The number of aliphatic hydroxyl groups is 1. The number of hydrogen-bond donors (Lipinski definition) is 2. The van der Waals surface area contributed by atoms with Crippen molar-refractivity contribution in [2.24, 2.45) is 11.8 Å². The van der Waals surface area contributed by atoms with Crippen molar-refractivity contribution in [1.29, 1.82) is 0 Å². The summed E-state index contributed by atoms with van der Waals surface area (Å²) in [5, 5.41) is 17.3. The number of fused-ring (bicyclic) bond motifs is 1. The van der Waals surface area contributed by atoms with Crippen LogP contribution in [0.1, 0.15) is 26.7 Å². The largest absolute Gasteiger partial charge is 0.394 e. The molecule has 0 spiro atoms. The summed E-state index contributed by atoms with van der Waals surface area (Å²) < 4.78 is 1.68. The molecular weight excluding hydrogens is 320 g/mol. The minimum absolute atomic E-state index is 0.0118. The van der Waals surface area contributed by atoms with Gasteiger partial charge in [0, 0.05) is 19.6 Å². The van der Waals surface area contributed by atoms with Gasteiger partial charge < -0.3 is 15.3 Å². The molecule has 0 aliphatic carbocycles. The maximum atomic E-state index is 12.4. The van der Waals surface area contributed by atoms with E-state index in [1.54, 1.807) is 10.9 Å². The molecule has 0 unspecified atom stereocenters. The van der Waals surface area contributed by atoms with Crippen LogP contribution in [-0.2, 0) is 11.3 Å². The van der Waals surface area contributed by atoms with E-state index in [1.165, 1.54) is 6.33 Å². The summed E-state index contributed by atoms with van der Waals surface area (Å²) in [7, 11) is 0. The third kappa shape index (κ3) is 3.89. The fourth-order valence-electron chi connectivity index (χ4n) is 3.22. The average Bonchev–Trinajstić information content (AvgIpc) is 3.03. The van der Waals surface area contributed by atoms with Crippen molar-refractivity contribution < 1.29 is 9.90 Å². The number of carbonyl (C=O) groups is 1. The number of hydrogen-bond acceptors (Lipinski definition) is 6. The Morgan fingerprint density at radius 3 is 3.04 bits per heavy atom. The summed E-state index contributed by atoms with van der Waals surface area (Å²) in [4.78, 5) is 23.3. The first-order chi connectivity index (χ1) is 12.1. The minimum atomic E-state index is -0.0231. The molecule has 1 aliphatic heterocycles. The lowest BCUT2D eigenvalue weighted by Crippen LogP contribution is -2.44. The zero-order valence-electron chi connectivity index (χ0n) is 14.9. The molecule has 0 aromatic carbocycles. The molecule has 1 saturated heterocycles. The van der Waals surface area contributed by atoms with Gasteiger partial charge in [-0.15, -0.1) is 0 Å². The third-order valence-electron chi connectivity index (χ3n) is 4.50. The topological polar surface area (TPSA) is 96.2 Å². The van der Waals surface area contributed by atoms with Gasteiger partial charge in [-0.05, 0) is 18.8 Å². The maximum Gasteiger partial charge on any atom is 0.224 e. The molecule has 8 heteroatoms. The van der Waals surface area contributed by atoms with E-state index in [1.807, 2.05) is 0 Å². The van der Waals surface area contributed by atoms with Crippen LogP contribution in [0.5, 0.6) is 0 Å². The number of amides is 1. The molecule has 1 amide bonds. The normalized spacial score (nSPS) is 18.1. The van der Waals surface area contributed by atoms with Crippen LogP contribution in [-0.4, -0.2) is 57.0 Å². The predicted molar refractivity (Wildman–Crippen MR) is 95.2 cm³/mol. The van der Waals surface area contributed by atoms with Crippen molar-refractivity contribution in [3.05, 3.63) is 12.5 Å². The average molecular weight is 346 g/mol. The van der Waals surface area contributed by atoms with Crippen LogP contribution in [0.3, 0.4) is 0 Å². The van der Waals surface area contributed by atoms with Crippen LogP contribution in [0.4, 0.5) is 5.82 Å². The van der Waals surface area contributed by atoms with Crippen LogP contribution < -0.4 is 10.2 Å². The summed E-state index contributed by atoms with van der Waals surface area (Å²) in [6, 6.07) is 0. The molecule has 1 fully saturated rings. The molecule has 3 rings (SSSR count). The van der Waals surface area contributed by atoms with Crippen molar-refractivity contribution in [3.63, 3.8) is 0 Å². The number of carbonyl (C=O) groups excluding carboxylic acids is 1. The minimum Gasteiger partial charge on any atom is -0.394 e. The van der Waals surface area contributed by atoms with Crippen LogP contribution in [0.25, 0.3) is 11.0 Å². The van der Waals surface area contributed by atoms with Crippen LogP contribution in [0.15, 0.2) is 12.5 Å². The van der Waals surface area contributed by atoms with Crippen molar-refractivity contribution in [2.75, 3.05) is 31.1 Å². The van der Waals surface area contributed by atoms with E-state index in [0.29, 0.717) is 31.2 Å². The lowest BCUT2D eigenvalue weighted by atomic mass is 9.96. The monoisotopic (exact) mass is 346 g/mol. The Morgan fingerprint density at radius 1 is 1.44 bits per heavy atom. The summed E-state index contributed by atoms with van der Waals surface area (Å²) in [6.45, 7) is 6.83. The van der Waals surface area contributed by atoms with Crippen LogP contribution >= 0.6 is 0 Å². The van der Waals surface area contributed by atoms with E-state index in [9.17, 15) is 4.79 Å². The lowest BCUT2D eigenvalue weighted by molar-refractivity contribution is -0.125. The Labute approximate surface area is 147 Å². The number of aromatic nitrogens is 4. The van der Waals surface area contributed by atoms with Crippen molar-refractivity contribution in [3.8, 4) is 0 Å². The summed E-state index contributed by atoms with van der Waals surface area (Å²) >= 11 is 0. The summed E-state index contributed by atoms with van der Waals surface area (Å²) in [6.07, 6.45) is 5.12. The molecule has 0 saturated carbocycles. The Morgan fingerprint density at radius 2 is 2.28 bits per heavy atom. The first-order valence-electron chi connectivity index (χ1n) is 8.90. The van der Waals surface area contributed by atoms with E-state index < -0.39 is 0 Å². The number of anilines is 1. The predicted octanol–water partition coefficient (Wildman–Crippen LogP) is 0.807. The van der Waals surface area contributed by atoms with Crippen molar-refractivity contribution in [1.82, 2.24) is 25.1 Å². The molecule has 1 aliphatic rings. The van der Waals surface area contributed by atoms with Crippen molar-refractivity contribution >= 4 is 22.8 Å². The molecule has 25 heavy (non-hydrogen) atoms. The second kappa shape index (κ2) is 7.77. The molecule has 1 atom stereocenters. The fraction of sp³-hybridized carbons (Fsp3) is 0.647. The van der Waals surface area contributed by atoms with E-state index >= 15 is 0 Å². The highest BCUT2D eigenvalue weighted by Crippen LogP contribution is 2.27. The van der Waals surface area contributed by atoms with Gasteiger partial charge in [-0.3, -0.25) is 4.79 Å². The molecule has 0 bridgehead atoms. The van der Waals surface area contributed by atoms with E-state index in [2.05, 4.69) is 39.1 Å². The number of nitrogens with zero attached hydrogens (tertiary/aromatic N) is 5. The first-order valence-corrected chi connectivity index (χ1v) is 8.90. The van der Waals surface area contributed by atoms with Gasteiger partial charge in [0.1, 0.15) is 12.1 Å². The van der Waals surface area contributed by atoms with Gasteiger partial charge in [0.15, 0.2) is 5.65 Å². The zero-order chi connectivity index (χ0) is 17.8. The zero-order valence-corrected chi connectivity index (χ0v) is 14.9. The second-order valence-electron chi connectivity index (χ2n) is 6.95. The lowest BCUT2D eigenvalue weighted by Gasteiger charge is -2.33. The molecule has 8 nitrogen and oxygen atoms in total. The second-order valence-corrected chi connectivity index (χ2v) is 6.95. The molecule has 2 aromatic rings. The van der Waals surface area contributed by atoms with E-state index in [-0.39, 0.29) is 18.4 Å². The Balaban J connectivity index is 1.77. The molecule has 136 valence electrons. The maximum absolute atomic E-state index is 12.4. The standard InChI is InChI=1S/C17H26N6O2/c1-12(2)8-18-17(25)13-4-3-5-22(10-13)15-14-9-21-23(6-7-24)16(14)20-11-19-15/h9,11-13,24H,3-8,10H2,1-2H3,(H,18,25)/t13-/m1/s1. The Kier molecular flexibility index (Phi) is 5.47. The Hall–Kier alpha value is -2.22. The van der Waals surface area contributed by atoms with Crippen LogP contribution in [0, 0.1) is 11.8 Å². The number of aliphatic hydroxyl groups excluding tert-OH is 1. The number of piperidine rings is 1. The van der Waals surface area contributed by atoms with Gasteiger partial charge in [0.25, 0.3) is 0 Å². The highest BCUT2D eigenvalue weighted by Gasteiger charge is 2.27. The van der Waals surface area contributed by atoms with Crippen LogP contribution in [0.2, 0.25) is 0 Å². The molecule has 0 radical (unpaired) electrons. The van der Waals surface area contributed by atoms with Gasteiger partial charge in [-0.25, -0.2) is 14.6 Å². The van der Waals surface area contributed by atoms with E-state index in [4.69, 9.17) is 5.11 Å².